The van der Waals surface area contributed by atoms with Crippen molar-refractivity contribution in [1.82, 2.24) is 15.4 Å². The van der Waals surface area contributed by atoms with Crippen molar-refractivity contribution in [2.45, 2.75) is 0 Å². The van der Waals surface area contributed by atoms with Crippen LogP contribution in [0.2, 0.25) is 0 Å². The van der Waals surface area contributed by atoms with Gasteiger partial charge in [-0.25, -0.2) is 9.59 Å². The van der Waals surface area contributed by atoms with Crippen LogP contribution in [0.15, 0.2) is 42.5 Å². The first-order valence-electron chi connectivity index (χ1n) is 9.12. The number of esters is 2. The summed E-state index contributed by atoms with van der Waals surface area (Å²) in [6.45, 7) is -0.760. The van der Waals surface area contributed by atoms with E-state index in [0.717, 1.165) is 12.1 Å². The van der Waals surface area contributed by atoms with Gasteiger partial charge in [0.2, 0.25) is 18.3 Å². The minimum atomic E-state index is -1.14. The van der Waals surface area contributed by atoms with E-state index >= 15 is 0 Å². The minimum Gasteiger partial charge on any atom is -0.493 e. The van der Waals surface area contributed by atoms with E-state index in [1.54, 1.807) is 18.2 Å². The zero-order valence-electron chi connectivity index (χ0n) is 17.3. The first kappa shape index (κ1) is 22.9. The summed E-state index contributed by atoms with van der Waals surface area (Å²) in [6.07, 6.45) is 0. The van der Waals surface area contributed by atoms with Gasteiger partial charge < -0.3 is 18.9 Å². The van der Waals surface area contributed by atoms with Gasteiger partial charge in [0, 0.05) is 6.07 Å². The second kappa shape index (κ2) is 10.00. The zero-order valence-corrected chi connectivity index (χ0v) is 17.3. The van der Waals surface area contributed by atoms with E-state index in [-0.39, 0.29) is 17.1 Å². The van der Waals surface area contributed by atoms with Crippen molar-refractivity contribution < 1.29 is 38.3 Å². The number of aromatic amines is 1. The maximum Gasteiger partial charge on any atom is 0.364 e. The highest BCUT2D eigenvalue weighted by molar-refractivity contribution is 6.14. The molecular formula is C20H16N4O9. The molecule has 0 radical (unpaired) electrons. The topological polar surface area (TPSA) is 173 Å². The molecule has 0 aliphatic carbocycles. The third-order valence-corrected chi connectivity index (χ3v) is 4.29. The molecule has 33 heavy (non-hydrogen) atoms. The predicted molar refractivity (Wildman–Crippen MR) is 108 cm³/mol. The fraction of sp³-hybridized carbons (Fsp3) is 0.150. The Kier molecular flexibility index (Phi) is 6.93. The lowest BCUT2D eigenvalue weighted by molar-refractivity contribution is -0.385. The van der Waals surface area contributed by atoms with Gasteiger partial charge in [0.1, 0.15) is 5.56 Å². The number of nitro benzene ring substituents is 1. The van der Waals surface area contributed by atoms with Crippen LogP contribution >= 0.6 is 0 Å². The van der Waals surface area contributed by atoms with Crippen molar-refractivity contribution in [2.75, 3.05) is 21.0 Å². The van der Waals surface area contributed by atoms with Gasteiger partial charge >= 0.3 is 11.9 Å². The van der Waals surface area contributed by atoms with Crippen LogP contribution in [-0.4, -0.2) is 59.1 Å². The molecule has 0 amide bonds. The van der Waals surface area contributed by atoms with Crippen molar-refractivity contribution in [1.29, 1.82) is 0 Å². The summed E-state index contributed by atoms with van der Waals surface area (Å²) < 4.78 is 19.8. The van der Waals surface area contributed by atoms with Crippen LogP contribution in [0.1, 0.15) is 36.9 Å². The number of ketones is 1. The molecule has 0 atom stereocenters. The van der Waals surface area contributed by atoms with Crippen molar-refractivity contribution >= 4 is 23.4 Å². The van der Waals surface area contributed by atoms with Crippen LogP contribution in [0, 0.1) is 10.1 Å². The Morgan fingerprint density at radius 1 is 0.939 bits per heavy atom. The zero-order chi connectivity index (χ0) is 24.0. The molecule has 3 aromatic rings. The number of H-pyrrole nitrogens is 1. The Morgan fingerprint density at radius 2 is 1.55 bits per heavy atom. The Morgan fingerprint density at radius 3 is 2.18 bits per heavy atom. The lowest BCUT2D eigenvalue weighted by Gasteiger charge is -2.10. The number of rotatable bonds is 9. The number of benzene rings is 2. The summed E-state index contributed by atoms with van der Waals surface area (Å²) in [5, 5.41) is 20.8. The summed E-state index contributed by atoms with van der Waals surface area (Å²) in [4.78, 5) is 47.9. The number of nitrogens with one attached hydrogen (secondary N) is 1. The van der Waals surface area contributed by atoms with Gasteiger partial charge in [-0.3, -0.25) is 14.9 Å². The fourth-order valence-corrected chi connectivity index (χ4v) is 2.72. The maximum absolute atomic E-state index is 13.0. The molecule has 0 aliphatic heterocycles. The van der Waals surface area contributed by atoms with Crippen LogP contribution in [0.4, 0.5) is 5.69 Å². The van der Waals surface area contributed by atoms with Crippen LogP contribution in [0.25, 0.3) is 0 Å². The summed E-state index contributed by atoms with van der Waals surface area (Å²) in [5.41, 5.74) is -1.87. The quantitative estimate of drug-likeness (QED) is 0.164. The van der Waals surface area contributed by atoms with Crippen molar-refractivity contribution in [3.05, 3.63) is 75.1 Å². The van der Waals surface area contributed by atoms with Gasteiger partial charge in [-0.15, -0.1) is 5.10 Å². The monoisotopic (exact) mass is 456 g/mol. The van der Waals surface area contributed by atoms with Crippen molar-refractivity contribution in [3.8, 4) is 11.5 Å². The molecular weight excluding hydrogens is 440 g/mol. The lowest BCUT2D eigenvalue weighted by atomic mass is 10.0. The Labute approximate surface area is 185 Å². The molecule has 0 saturated carbocycles. The molecule has 0 spiro atoms. The van der Waals surface area contributed by atoms with E-state index in [0.29, 0.717) is 0 Å². The summed E-state index contributed by atoms with van der Waals surface area (Å²) in [5.74, 6) is -2.80. The highest BCUT2D eigenvalue weighted by Crippen LogP contribution is 2.35. The third kappa shape index (κ3) is 4.92. The number of nitrogens with zero attached hydrogens (tertiary/aromatic N) is 3. The van der Waals surface area contributed by atoms with E-state index in [2.05, 4.69) is 15.4 Å². The molecule has 2 aromatic carbocycles. The highest BCUT2D eigenvalue weighted by atomic mass is 16.7. The molecule has 170 valence electrons. The molecule has 13 nitrogen and oxygen atoms in total. The van der Waals surface area contributed by atoms with Gasteiger partial charge in [-0.2, -0.15) is 10.3 Å². The number of carbonyl (C=O) groups is 3. The molecule has 13 heteroatoms. The molecule has 0 unspecified atom stereocenters. The second-order valence-electron chi connectivity index (χ2n) is 6.18. The highest BCUT2D eigenvalue weighted by Gasteiger charge is 2.31. The summed E-state index contributed by atoms with van der Waals surface area (Å²) >= 11 is 0. The number of nitro groups is 1. The summed E-state index contributed by atoms with van der Waals surface area (Å²) in [6, 6.07) is 10.1. The normalized spacial score (nSPS) is 10.2. The van der Waals surface area contributed by atoms with Gasteiger partial charge in [0.05, 0.1) is 30.8 Å². The molecule has 1 N–H and O–H groups in total. The third-order valence-electron chi connectivity index (χ3n) is 4.29. The first-order valence-corrected chi connectivity index (χ1v) is 9.12. The molecule has 0 bridgehead atoms. The summed E-state index contributed by atoms with van der Waals surface area (Å²) in [7, 11) is 2.56. The minimum absolute atomic E-state index is 0.0285. The molecule has 0 saturated heterocycles. The number of ether oxygens (including phenoxy) is 4. The van der Waals surface area contributed by atoms with Crippen LogP contribution in [0.5, 0.6) is 11.5 Å². The molecule has 1 heterocycles. The molecule has 3 rings (SSSR count). The van der Waals surface area contributed by atoms with Crippen molar-refractivity contribution in [2.24, 2.45) is 0 Å². The average molecular weight is 456 g/mol. The smallest absolute Gasteiger partial charge is 0.364 e. The average Bonchev–Trinajstić information content (AvgIpc) is 3.33. The fourth-order valence-electron chi connectivity index (χ4n) is 2.72. The van der Waals surface area contributed by atoms with E-state index in [4.69, 9.17) is 18.9 Å². The van der Waals surface area contributed by atoms with Gasteiger partial charge in [0.25, 0.3) is 5.69 Å². The lowest BCUT2D eigenvalue weighted by Crippen LogP contribution is -2.17. The Hall–Kier alpha value is -4.81. The molecule has 0 aliphatic rings. The molecule has 0 fully saturated rings. The SMILES string of the molecule is COc1cc(C(=O)c2n[nH]nc2C(=O)OCOC(=O)c2ccccc2)c([N+](=O)[O-])cc1OC. The number of hydrogen-bond acceptors (Lipinski definition) is 11. The van der Waals surface area contributed by atoms with E-state index < -0.39 is 52.1 Å². The van der Waals surface area contributed by atoms with E-state index in [1.165, 1.54) is 26.4 Å². The van der Waals surface area contributed by atoms with Gasteiger partial charge in [-0.1, -0.05) is 18.2 Å². The Balaban J connectivity index is 1.79. The predicted octanol–water partition coefficient (Wildman–Crippen LogP) is 1.93. The van der Waals surface area contributed by atoms with Gasteiger partial charge in [-0.05, 0) is 12.1 Å². The van der Waals surface area contributed by atoms with Gasteiger partial charge in [0.15, 0.2) is 17.2 Å². The number of aromatic nitrogens is 3. The maximum atomic E-state index is 13.0. The van der Waals surface area contributed by atoms with E-state index in [9.17, 15) is 24.5 Å². The van der Waals surface area contributed by atoms with Crippen LogP contribution in [-0.2, 0) is 9.47 Å². The molecule has 1 aromatic heterocycles. The standard InChI is InChI=1S/C20H16N4O9/c1-30-14-8-12(13(24(28)29)9-15(14)31-2)18(25)16-17(22-23-21-16)20(27)33-10-32-19(26)11-6-4-3-5-7-11/h3-9H,10H2,1-2H3,(H,21,22,23). The second-order valence-corrected chi connectivity index (χ2v) is 6.18. The number of carbonyl (C=O) groups excluding carboxylic acids is 3. The number of methoxy groups -OCH3 is 2. The van der Waals surface area contributed by atoms with Crippen molar-refractivity contribution in [3.63, 3.8) is 0 Å². The number of hydrogen-bond donors (Lipinski definition) is 1. The van der Waals surface area contributed by atoms with Crippen LogP contribution < -0.4 is 9.47 Å². The van der Waals surface area contributed by atoms with Crippen LogP contribution in [0.3, 0.4) is 0 Å². The van der Waals surface area contributed by atoms with E-state index in [1.807, 2.05) is 0 Å². The Bertz CT molecular complexity index is 1210. The first-order chi connectivity index (χ1) is 15.9. The largest absolute Gasteiger partial charge is 0.493 e.